The highest BCUT2D eigenvalue weighted by Crippen LogP contribution is 2.32. The number of methoxy groups -OCH3 is 3. The Hall–Kier alpha value is -5.38. The molecule has 0 spiro atoms. The van der Waals surface area contributed by atoms with E-state index in [0.29, 0.717) is 34.9 Å². The first-order chi connectivity index (χ1) is 25.4. The molecule has 0 N–H and O–H groups in total. The van der Waals surface area contributed by atoms with Crippen molar-refractivity contribution in [3.8, 4) is 11.5 Å². The van der Waals surface area contributed by atoms with Gasteiger partial charge in [-0.2, -0.15) is 0 Å². The summed E-state index contributed by atoms with van der Waals surface area (Å²) in [6, 6.07) is 11.1. The van der Waals surface area contributed by atoms with E-state index in [2.05, 4.69) is 9.97 Å². The van der Waals surface area contributed by atoms with Crippen LogP contribution in [0.3, 0.4) is 0 Å². The van der Waals surface area contributed by atoms with Crippen molar-refractivity contribution in [1.82, 2.24) is 19.1 Å². The molecule has 2 aromatic carbocycles. The number of anilines is 2. The van der Waals surface area contributed by atoms with Gasteiger partial charge in [0.15, 0.2) is 10.3 Å². The van der Waals surface area contributed by atoms with Crippen LogP contribution in [0.2, 0.25) is 0 Å². The van der Waals surface area contributed by atoms with Gasteiger partial charge in [-0.1, -0.05) is 0 Å². The van der Waals surface area contributed by atoms with Gasteiger partial charge in [-0.3, -0.25) is 38.1 Å². The van der Waals surface area contributed by atoms with Gasteiger partial charge in [0.1, 0.15) is 11.5 Å². The van der Waals surface area contributed by atoms with Crippen molar-refractivity contribution < 1.29 is 33.4 Å². The van der Waals surface area contributed by atoms with Crippen molar-refractivity contribution in [1.29, 1.82) is 0 Å². The van der Waals surface area contributed by atoms with Crippen LogP contribution in [0.25, 0.3) is 21.8 Å². The van der Waals surface area contributed by atoms with Gasteiger partial charge in [0, 0.05) is 73.3 Å². The van der Waals surface area contributed by atoms with Crippen molar-refractivity contribution in [2.24, 2.45) is 0 Å². The molecule has 0 fully saturated rings. The average molecular weight is 759 g/mol. The second-order valence-electron chi connectivity index (χ2n) is 12.1. The molecule has 0 saturated heterocycles. The monoisotopic (exact) mass is 758 g/mol. The highest BCUT2D eigenvalue weighted by Gasteiger charge is 2.25. The lowest BCUT2D eigenvalue weighted by Crippen LogP contribution is -2.35. The molecule has 53 heavy (non-hydrogen) atoms. The minimum absolute atomic E-state index is 0.0801. The number of fused-ring (bicyclic) bond motifs is 2. The summed E-state index contributed by atoms with van der Waals surface area (Å²) in [6.07, 6.45) is 3.68. The van der Waals surface area contributed by atoms with Gasteiger partial charge in [-0.05, 0) is 61.4 Å². The van der Waals surface area contributed by atoms with Crippen LogP contribution in [-0.4, -0.2) is 84.3 Å². The van der Waals surface area contributed by atoms with Crippen molar-refractivity contribution in [3.05, 3.63) is 82.1 Å². The molecule has 0 radical (unpaired) electrons. The second-order valence-corrected chi connectivity index (χ2v) is 13.8. The summed E-state index contributed by atoms with van der Waals surface area (Å²) in [5.41, 5.74) is 4.73. The lowest BCUT2D eigenvalue weighted by molar-refractivity contribution is -0.118. The highest BCUT2D eigenvalue weighted by atomic mass is 32.1. The molecule has 2 amide bonds. The quantitative estimate of drug-likeness (QED) is 0.144. The van der Waals surface area contributed by atoms with Gasteiger partial charge < -0.3 is 14.2 Å². The summed E-state index contributed by atoms with van der Waals surface area (Å²) in [5, 5.41) is 6.64. The number of nitrogens with zero attached hydrogens (tertiary/aromatic N) is 6. The van der Waals surface area contributed by atoms with Crippen LogP contribution >= 0.6 is 22.7 Å². The number of carbonyl (C=O) groups excluding carboxylic acids is 4. The molecule has 0 bridgehead atoms. The van der Waals surface area contributed by atoms with E-state index in [1.54, 1.807) is 59.7 Å². The topological polar surface area (TPSA) is 138 Å². The fourth-order valence-electron chi connectivity index (χ4n) is 6.30. The van der Waals surface area contributed by atoms with Crippen LogP contribution in [0.5, 0.6) is 11.5 Å². The molecule has 0 saturated carbocycles. The van der Waals surface area contributed by atoms with E-state index in [0.717, 1.165) is 44.3 Å². The van der Waals surface area contributed by atoms with Crippen LogP contribution in [0.1, 0.15) is 46.0 Å². The fraction of sp³-hybridized carbons (Fsp3) is 0.316. The zero-order chi connectivity index (χ0) is 38.4. The van der Waals surface area contributed by atoms with Crippen LogP contribution < -0.4 is 19.3 Å². The van der Waals surface area contributed by atoms with Gasteiger partial charge in [0.25, 0.3) is 0 Å². The van der Waals surface area contributed by atoms with Crippen LogP contribution in [0, 0.1) is 13.8 Å². The summed E-state index contributed by atoms with van der Waals surface area (Å²) >= 11 is 2.81. The predicted octanol–water partition coefficient (Wildman–Crippen LogP) is 6.58. The van der Waals surface area contributed by atoms with Crippen molar-refractivity contribution >= 4 is 78.4 Å². The lowest BCUT2D eigenvalue weighted by Gasteiger charge is -2.19. The summed E-state index contributed by atoms with van der Waals surface area (Å²) < 4.78 is 19.1. The SMILES string of the molecule is COCCN(C(=O)Cc1c(C)n(C(C)=O)c2ccc(OC)cc12)c1nccs1.COc1ccc2c(c1)c(CC(=O)N(C)c1nccs1)c(C)n2C(C)=O. The molecule has 4 heterocycles. The molecule has 15 heteroatoms. The average Bonchev–Trinajstić information content (AvgIpc) is 3.96. The van der Waals surface area contributed by atoms with E-state index in [9.17, 15) is 19.2 Å². The fourth-order valence-corrected chi connectivity index (χ4v) is 7.61. The minimum atomic E-state index is -0.0967. The Bertz CT molecular complexity index is 2260. The summed E-state index contributed by atoms with van der Waals surface area (Å²) in [4.78, 5) is 61.8. The molecule has 6 aromatic rings. The van der Waals surface area contributed by atoms with Crippen LogP contribution in [0.15, 0.2) is 59.6 Å². The number of ether oxygens (including phenoxy) is 3. The molecule has 0 aliphatic heterocycles. The molecule has 0 aliphatic rings. The molecular formula is C38H42N6O7S2. The number of likely N-dealkylation sites (N-methyl/N-ethyl adjacent to an activating group) is 1. The van der Waals surface area contributed by atoms with Gasteiger partial charge in [-0.25, -0.2) is 9.97 Å². The zero-order valence-electron chi connectivity index (χ0n) is 31.0. The molecule has 0 atom stereocenters. The number of aromatic nitrogens is 4. The molecular weight excluding hydrogens is 717 g/mol. The van der Waals surface area contributed by atoms with Crippen molar-refractivity contribution in [2.75, 3.05) is 51.3 Å². The Balaban J connectivity index is 0.000000206. The van der Waals surface area contributed by atoms with Gasteiger partial charge in [-0.15, -0.1) is 22.7 Å². The summed E-state index contributed by atoms with van der Waals surface area (Å²) in [6.45, 7) is 7.58. The second kappa shape index (κ2) is 17.0. The number of amides is 2. The number of hydrogen-bond acceptors (Lipinski definition) is 11. The number of hydrogen-bond donors (Lipinski definition) is 0. The van der Waals surface area contributed by atoms with Gasteiger partial charge in [0.05, 0.1) is 51.2 Å². The molecule has 0 aliphatic carbocycles. The predicted molar refractivity (Wildman–Crippen MR) is 208 cm³/mol. The Morgan fingerprint density at radius 2 is 1.19 bits per heavy atom. The number of thiazole rings is 2. The van der Waals surface area contributed by atoms with E-state index in [4.69, 9.17) is 14.2 Å². The maximum Gasteiger partial charge on any atom is 0.233 e. The normalized spacial score (nSPS) is 10.9. The Kier molecular flexibility index (Phi) is 12.4. The minimum Gasteiger partial charge on any atom is -0.497 e. The smallest absolute Gasteiger partial charge is 0.233 e. The Labute approximate surface area is 315 Å². The standard InChI is InChI=1S/C20H23N3O4S.C18H19N3O3S/c1-13-16(12-19(25)22(8-9-26-3)20-21-7-10-28-20)17-11-15(27-4)5-6-18(17)23(13)14(2)24;1-11-14(10-17(23)20(3)18-19-7-8-25-18)15-9-13(24-4)5-6-16(15)21(11)12(2)22/h5-7,10-11H,8-9,12H2,1-4H3;5-9H,10H2,1-4H3. The third kappa shape index (κ3) is 8.16. The van der Waals surface area contributed by atoms with Gasteiger partial charge in [0.2, 0.25) is 23.6 Å². The summed E-state index contributed by atoms with van der Waals surface area (Å²) in [7, 11) is 6.50. The van der Waals surface area contributed by atoms with E-state index in [-0.39, 0.29) is 36.5 Å². The third-order valence-electron chi connectivity index (χ3n) is 8.92. The number of carbonyl (C=O) groups is 4. The largest absolute Gasteiger partial charge is 0.497 e. The van der Waals surface area contributed by atoms with Gasteiger partial charge >= 0.3 is 0 Å². The van der Waals surface area contributed by atoms with E-state index in [1.165, 1.54) is 36.5 Å². The molecule has 278 valence electrons. The van der Waals surface area contributed by atoms with Crippen LogP contribution in [-0.2, 0) is 27.2 Å². The Morgan fingerprint density at radius 1 is 0.717 bits per heavy atom. The molecule has 0 unspecified atom stereocenters. The summed E-state index contributed by atoms with van der Waals surface area (Å²) in [5.74, 6) is 1.01. The first kappa shape index (κ1) is 38.8. The maximum absolute atomic E-state index is 13.2. The molecule has 13 nitrogen and oxygen atoms in total. The van der Waals surface area contributed by atoms with E-state index in [1.807, 2.05) is 61.0 Å². The van der Waals surface area contributed by atoms with E-state index < -0.39 is 0 Å². The highest BCUT2D eigenvalue weighted by molar-refractivity contribution is 7.14. The Morgan fingerprint density at radius 3 is 1.60 bits per heavy atom. The number of rotatable bonds is 11. The third-order valence-corrected chi connectivity index (χ3v) is 10.6. The molecule has 6 rings (SSSR count). The zero-order valence-corrected chi connectivity index (χ0v) is 32.6. The molecule has 4 aromatic heterocycles. The van der Waals surface area contributed by atoms with Crippen LogP contribution in [0.4, 0.5) is 10.3 Å². The maximum atomic E-state index is 13.2. The first-order valence-electron chi connectivity index (χ1n) is 16.6. The first-order valence-corrected chi connectivity index (χ1v) is 18.4. The number of benzene rings is 2. The van der Waals surface area contributed by atoms with Crippen molar-refractivity contribution in [2.45, 2.75) is 40.5 Å². The van der Waals surface area contributed by atoms with E-state index >= 15 is 0 Å². The lowest BCUT2D eigenvalue weighted by atomic mass is 10.1. The van der Waals surface area contributed by atoms with Crippen molar-refractivity contribution in [3.63, 3.8) is 0 Å².